The van der Waals surface area contributed by atoms with Crippen molar-refractivity contribution in [1.82, 2.24) is 4.31 Å². The fourth-order valence-electron chi connectivity index (χ4n) is 3.16. The van der Waals surface area contributed by atoms with Crippen LogP contribution < -0.4 is 10.1 Å². The molecule has 3 aromatic carbocycles. The van der Waals surface area contributed by atoms with Crippen molar-refractivity contribution >= 4 is 33.4 Å². The number of ether oxygens (including phenoxy) is 1. The van der Waals surface area contributed by atoms with Gasteiger partial charge in [0.05, 0.1) is 12.0 Å². The van der Waals surface area contributed by atoms with Crippen molar-refractivity contribution < 1.29 is 17.9 Å². The van der Waals surface area contributed by atoms with Gasteiger partial charge in [-0.15, -0.1) is 11.8 Å². The van der Waals surface area contributed by atoms with Gasteiger partial charge >= 0.3 is 0 Å². The fraction of sp³-hybridized carbons (Fsp3) is 0.208. The number of benzene rings is 3. The van der Waals surface area contributed by atoms with Crippen molar-refractivity contribution in [2.75, 3.05) is 25.7 Å². The van der Waals surface area contributed by atoms with E-state index in [4.69, 9.17) is 4.74 Å². The zero-order chi connectivity index (χ0) is 23.3. The molecule has 3 rings (SSSR count). The van der Waals surface area contributed by atoms with Gasteiger partial charge in [0.2, 0.25) is 10.0 Å². The molecule has 3 aromatic rings. The Morgan fingerprint density at radius 3 is 2.44 bits per heavy atom. The van der Waals surface area contributed by atoms with Gasteiger partial charge in [-0.05, 0) is 61.7 Å². The van der Waals surface area contributed by atoms with E-state index in [0.29, 0.717) is 22.6 Å². The molecular weight excluding hydrogens is 444 g/mol. The largest absolute Gasteiger partial charge is 0.496 e. The quantitative estimate of drug-likeness (QED) is 0.479. The average Bonchev–Trinajstić information content (AvgIpc) is 2.79. The maximum atomic E-state index is 13.0. The highest BCUT2D eigenvalue weighted by Crippen LogP contribution is 2.25. The molecule has 0 atom stereocenters. The molecule has 32 heavy (non-hydrogen) atoms. The Kier molecular flexibility index (Phi) is 7.60. The van der Waals surface area contributed by atoms with E-state index in [1.165, 1.54) is 18.5 Å². The van der Waals surface area contributed by atoms with Crippen LogP contribution in [0, 0.1) is 6.92 Å². The zero-order valence-corrected chi connectivity index (χ0v) is 20.1. The second-order valence-electron chi connectivity index (χ2n) is 7.29. The topological polar surface area (TPSA) is 75.7 Å². The van der Waals surface area contributed by atoms with E-state index < -0.39 is 10.0 Å². The number of hydrogen-bond donors (Lipinski definition) is 1. The van der Waals surface area contributed by atoms with Gasteiger partial charge in [0.25, 0.3) is 5.91 Å². The van der Waals surface area contributed by atoms with Crippen LogP contribution >= 0.6 is 11.8 Å². The summed E-state index contributed by atoms with van der Waals surface area (Å²) < 4.78 is 32.6. The van der Waals surface area contributed by atoms with E-state index in [0.717, 1.165) is 10.5 Å². The van der Waals surface area contributed by atoms with E-state index in [9.17, 15) is 13.2 Å². The van der Waals surface area contributed by atoms with Crippen LogP contribution in [0.3, 0.4) is 0 Å². The van der Waals surface area contributed by atoms with E-state index in [1.807, 2.05) is 37.4 Å². The molecule has 8 heteroatoms. The monoisotopic (exact) mass is 470 g/mol. The van der Waals surface area contributed by atoms with Gasteiger partial charge in [0.1, 0.15) is 5.75 Å². The van der Waals surface area contributed by atoms with E-state index in [-0.39, 0.29) is 17.3 Å². The number of rotatable bonds is 8. The number of amides is 1. The Morgan fingerprint density at radius 1 is 1.06 bits per heavy atom. The molecule has 0 saturated carbocycles. The maximum Gasteiger partial charge on any atom is 0.255 e. The number of aryl methyl sites for hydroxylation is 1. The van der Waals surface area contributed by atoms with E-state index >= 15 is 0 Å². The first-order chi connectivity index (χ1) is 15.2. The highest BCUT2D eigenvalue weighted by atomic mass is 32.2. The molecule has 0 aliphatic carbocycles. The fourth-order valence-corrected chi connectivity index (χ4v) is 4.77. The first-order valence-electron chi connectivity index (χ1n) is 9.90. The summed E-state index contributed by atoms with van der Waals surface area (Å²) in [5, 5.41) is 2.89. The molecule has 0 unspecified atom stereocenters. The molecule has 0 radical (unpaired) electrons. The molecule has 0 fully saturated rings. The average molecular weight is 471 g/mol. The molecule has 1 amide bonds. The van der Waals surface area contributed by atoms with Crippen LogP contribution in [0.2, 0.25) is 0 Å². The SMILES string of the molecule is COc1ccc(C(=O)Nc2cccc(SC)c2)cc1CN(C)S(=O)(=O)c1ccc(C)cc1. The lowest BCUT2D eigenvalue weighted by molar-refractivity contribution is 0.102. The highest BCUT2D eigenvalue weighted by molar-refractivity contribution is 7.98. The van der Waals surface area contributed by atoms with Crippen LogP contribution in [-0.2, 0) is 16.6 Å². The van der Waals surface area contributed by atoms with Crippen molar-refractivity contribution in [2.45, 2.75) is 23.3 Å². The van der Waals surface area contributed by atoms with Gasteiger partial charge in [0.15, 0.2) is 0 Å². The molecule has 0 saturated heterocycles. The molecule has 0 bridgehead atoms. The highest BCUT2D eigenvalue weighted by Gasteiger charge is 2.22. The third kappa shape index (κ3) is 5.51. The van der Waals surface area contributed by atoms with Crippen molar-refractivity contribution in [3.05, 3.63) is 83.4 Å². The minimum absolute atomic E-state index is 0.0580. The van der Waals surface area contributed by atoms with Crippen molar-refractivity contribution in [3.63, 3.8) is 0 Å². The second kappa shape index (κ2) is 10.2. The minimum Gasteiger partial charge on any atom is -0.496 e. The lowest BCUT2D eigenvalue weighted by Crippen LogP contribution is -2.27. The predicted molar refractivity (Wildman–Crippen MR) is 129 cm³/mol. The van der Waals surface area contributed by atoms with Crippen LogP contribution in [0.5, 0.6) is 5.75 Å². The lowest BCUT2D eigenvalue weighted by Gasteiger charge is -2.19. The summed E-state index contributed by atoms with van der Waals surface area (Å²) in [6.45, 7) is 1.96. The minimum atomic E-state index is -3.69. The van der Waals surface area contributed by atoms with Gasteiger partial charge in [-0.3, -0.25) is 4.79 Å². The third-order valence-electron chi connectivity index (χ3n) is 4.99. The number of carbonyl (C=O) groups is 1. The summed E-state index contributed by atoms with van der Waals surface area (Å²) in [5.74, 6) is 0.230. The standard InChI is InChI=1S/C24H26N2O4S2/c1-17-8-11-22(12-9-17)32(28,29)26(2)16-19-14-18(10-13-23(19)30-3)24(27)25-20-6-5-7-21(15-20)31-4/h5-15H,16H2,1-4H3,(H,25,27). The van der Waals surface area contributed by atoms with Gasteiger partial charge < -0.3 is 10.1 Å². The number of anilines is 1. The van der Waals surface area contributed by atoms with Gasteiger partial charge in [-0.1, -0.05) is 23.8 Å². The summed E-state index contributed by atoms with van der Waals surface area (Å²) in [4.78, 5) is 14.1. The normalized spacial score (nSPS) is 11.4. The van der Waals surface area contributed by atoms with Crippen molar-refractivity contribution in [3.8, 4) is 5.75 Å². The number of hydrogen-bond acceptors (Lipinski definition) is 5. The molecule has 6 nitrogen and oxygen atoms in total. The van der Waals surface area contributed by atoms with E-state index in [2.05, 4.69) is 5.32 Å². The zero-order valence-electron chi connectivity index (χ0n) is 18.5. The predicted octanol–water partition coefficient (Wildman–Crippen LogP) is 4.80. The summed E-state index contributed by atoms with van der Waals surface area (Å²) in [6.07, 6.45) is 1.97. The number of carbonyl (C=O) groups excluding carboxylic acids is 1. The second-order valence-corrected chi connectivity index (χ2v) is 10.2. The Balaban J connectivity index is 1.84. The van der Waals surface area contributed by atoms with Gasteiger partial charge in [-0.2, -0.15) is 4.31 Å². The maximum absolute atomic E-state index is 13.0. The van der Waals surface area contributed by atoms with Crippen LogP contribution in [0.25, 0.3) is 0 Å². The number of nitrogens with one attached hydrogen (secondary N) is 1. The summed E-state index contributed by atoms with van der Waals surface area (Å²) in [6, 6.07) is 19.3. The Labute approximate surface area is 193 Å². The molecule has 168 valence electrons. The van der Waals surface area contributed by atoms with Gasteiger partial charge in [-0.25, -0.2) is 8.42 Å². The Morgan fingerprint density at radius 2 is 1.78 bits per heavy atom. The Bertz CT molecular complexity index is 1210. The molecule has 1 N–H and O–H groups in total. The molecule has 0 aromatic heterocycles. The molecule has 0 spiro atoms. The number of methoxy groups -OCH3 is 1. The summed E-state index contributed by atoms with van der Waals surface area (Å²) >= 11 is 1.59. The lowest BCUT2D eigenvalue weighted by atomic mass is 10.1. The van der Waals surface area contributed by atoms with Crippen LogP contribution in [0.15, 0.2) is 76.5 Å². The van der Waals surface area contributed by atoms with Crippen LogP contribution in [0.1, 0.15) is 21.5 Å². The third-order valence-corrected chi connectivity index (χ3v) is 7.54. The molecule has 0 heterocycles. The number of nitrogens with zero attached hydrogens (tertiary/aromatic N) is 1. The first kappa shape index (κ1) is 23.8. The summed E-state index contributed by atoms with van der Waals surface area (Å²) in [5.41, 5.74) is 2.68. The summed E-state index contributed by atoms with van der Waals surface area (Å²) in [7, 11) is -0.669. The smallest absolute Gasteiger partial charge is 0.255 e. The number of sulfonamides is 1. The molecule has 0 aliphatic rings. The number of thioether (sulfide) groups is 1. The molecule has 0 aliphatic heterocycles. The van der Waals surface area contributed by atoms with Crippen LogP contribution in [0.4, 0.5) is 5.69 Å². The molecular formula is C24H26N2O4S2. The van der Waals surface area contributed by atoms with Crippen molar-refractivity contribution in [1.29, 1.82) is 0 Å². The van der Waals surface area contributed by atoms with Gasteiger partial charge in [0, 0.05) is 35.3 Å². The van der Waals surface area contributed by atoms with Crippen LogP contribution in [-0.4, -0.2) is 39.0 Å². The first-order valence-corrected chi connectivity index (χ1v) is 12.6. The Hall–Kier alpha value is -2.81. The van der Waals surface area contributed by atoms with Crippen molar-refractivity contribution in [2.24, 2.45) is 0 Å². The van der Waals surface area contributed by atoms with E-state index in [1.54, 1.807) is 54.2 Å².